The van der Waals surface area contributed by atoms with Crippen molar-refractivity contribution in [1.29, 1.82) is 0 Å². The first-order valence-electron chi connectivity index (χ1n) is 29.5. The number of piperazine rings is 1. The minimum Gasteiger partial charge on any atom is -0.464 e. The number of ether oxygens (including phenoxy) is 2. The molecule has 5 unspecified atom stereocenters. The second kappa shape index (κ2) is 27.2. The molecule has 90 heavy (non-hydrogen) atoms. The number of thiazole rings is 2. The fourth-order valence-electron chi connectivity index (χ4n) is 11.2. The van der Waals surface area contributed by atoms with Crippen molar-refractivity contribution in [2.45, 2.75) is 111 Å². The Morgan fingerprint density at radius 1 is 0.989 bits per heavy atom. The molecule has 6 aromatic heterocycles. The third-order valence-corrected chi connectivity index (χ3v) is 19.2. The van der Waals surface area contributed by atoms with Gasteiger partial charge in [-0.3, -0.25) is 34.0 Å². The molecule has 3 aliphatic heterocycles. The Kier molecular flexibility index (Phi) is 19.8. The minimum atomic E-state index is -4.71. The molecule has 6 atom stereocenters. The lowest BCUT2D eigenvalue weighted by atomic mass is 9.84. The van der Waals surface area contributed by atoms with Crippen molar-refractivity contribution in [2.24, 2.45) is 17.3 Å². The summed E-state index contributed by atoms with van der Waals surface area (Å²) in [5.74, 6) is -2.32. The van der Waals surface area contributed by atoms with Gasteiger partial charge in [0.05, 0.1) is 69.5 Å². The van der Waals surface area contributed by atoms with Gasteiger partial charge in [0.1, 0.15) is 45.0 Å². The number of methoxy groups -OCH3 is 1. The van der Waals surface area contributed by atoms with E-state index in [1.807, 2.05) is 25.4 Å². The zero-order valence-corrected chi connectivity index (χ0v) is 54.0. The molecule has 6 N–H and O–H groups in total. The molecule has 478 valence electrons. The Labute approximate surface area is 535 Å². The lowest BCUT2D eigenvalue weighted by molar-refractivity contribution is -0.155. The maximum absolute atomic E-state index is 14.1. The Bertz CT molecular complexity index is 3860. The number of hydrazine groups is 1. The summed E-state index contributed by atoms with van der Waals surface area (Å²) in [6.45, 7) is 17.3. The number of benzene rings is 1. The van der Waals surface area contributed by atoms with Gasteiger partial charge >= 0.3 is 12.1 Å². The summed E-state index contributed by atoms with van der Waals surface area (Å²) in [5, 5.41) is 13.0. The Hall–Kier alpha value is -7.40. The minimum absolute atomic E-state index is 0.0582. The summed E-state index contributed by atoms with van der Waals surface area (Å²) in [7, 11) is 3.89. The summed E-state index contributed by atoms with van der Waals surface area (Å²) in [4.78, 5) is 96.2. The number of halogens is 5. The number of nitrogen functional groups attached to an aromatic ring is 1. The molecule has 22 nitrogen and oxygen atoms in total. The quantitative estimate of drug-likeness (QED) is 0.0712. The zero-order chi connectivity index (χ0) is 64.5. The first kappa shape index (κ1) is 65.5. The van der Waals surface area contributed by atoms with E-state index in [1.54, 1.807) is 14.0 Å². The first-order chi connectivity index (χ1) is 42.8. The van der Waals surface area contributed by atoms with Gasteiger partial charge in [-0.1, -0.05) is 50.0 Å². The van der Waals surface area contributed by atoms with Gasteiger partial charge in [0.15, 0.2) is 5.69 Å². The first-order valence-corrected chi connectivity index (χ1v) is 31.9. The second-order valence-electron chi connectivity index (χ2n) is 23.8. The number of rotatable bonds is 12. The molecule has 11 rings (SSSR count). The predicted molar refractivity (Wildman–Crippen MR) is 338 cm³/mol. The molecule has 1 saturated carbocycles. The number of pyridine rings is 2. The van der Waals surface area contributed by atoms with Crippen molar-refractivity contribution in [3.05, 3.63) is 108 Å². The molecular formula is C61H70Cl2F3N15O7S2. The van der Waals surface area contributed by atoms with E-state index in [0.29, 0.717) is 42.8 Å². The highest BCUT2D eigenvalue weighted by Gasteiger charge is 2.42. The van der Waals surface area contributed by atoms with Crippen LogP contribution >= 0.6 is 45.9 Å². The molecule has 1 aliphatic carbocycles. The number of aryl methyl sites for hydroxylation is 1. The Morgan fingerprint density at radius 3 is 2.46 bits per heavy atom. The van der Waals surface area contributed by atoms with Crippen molar-refractivity contribution >= 4 is 104 Å². The van der Waals surface area contributed by atoms with E-state index in [9.17, 15) is 37.1 Å². The lowest BCUT2D eigenvalue weighted by Crippen LogP contribution is -2.60. The number of hydrogen-bond donors (Lipinski definition) is 5. The van der Waals surface area contributed by atoms with E-state index in [0.717, 1.165) is 118 Å². The molecule has 0 spiro atoms. The van der Waals surface area contributed by atoms with Crippen molar-refractivity contribution in [2.75, 3.05) is 69.4 Å². The predicted octanol–water partition coefficient (Wildman–Crippen LogP) is 9.59. The average Bonchev–Trinajstić information content (AvgIpc) is 1.58. The molecule has 0 radical (unpaired) electrons. The van der Waals surface area contributed by atoms with Crippen molar-refractivity contribution < 1.29 is 46.6 Å². The third kappa shape index (κ3) is 14.7. The molecular weight excluding hydrogens is 1250 g/mol. The third-order valence-electron chi connectivity index (χ3n) is 16.4. The summed E-state index contributed by atoms with van der Waals surface area (Å²) < 4.78 is 53.4. The number of fused-ring (bicyclic) bond motifs is 6. The van der Waals surface area contributed by atoms with E-state index in [-0.39, 0.29) is 70.1 Å². The number of anilines is 3. The maximum Gasteiger partial charge on any atom is 0.418 e. The molecule has 4 amide bonds. The van der Waals surface area contributed by atoms with Gasteiger partial charge < -0.3 is 45.5 Å². The average molecular weight is 1320 g/mol. The number of nitrogens with one attached hydrogen (secondary N) is 4. The fraction of sp³-hybridized carbons (Fsp3) is 0.459. The van der Waals surface area contributed by atoms with Crippen LogP contribution in [0.2, 0.25) is 10.0 Å². The molecule has 9 heterocycles. The number of hydrogen-bond acceptors (Lipinski definition) is 19. The van der Waals surface area contributed by atoms with Crippen LogP contribution in [0, 0.1) is 17.3 Å². The van der Waals surface area contributed by atoms with E-state index in [2.05, 4.69) is 108 Å². The Morgan fingerprint density at radius 2 is 1.74 bits per heavy atom. The highest BCUT2D eigenvalue weighted by atomic mass is 35.5. The number of amides is 4. The van der Waals surface area contributed by atoms with Crippen LogP contribution in [0.5, 0.6) is 0 Å². The van der Waals surface area contributed by atoms with Crippen molar-refractivity contribution in [3.63, 3.8) is 0 Å². The molecule has 2 saturated heterocycles. The SMILES string of the molecule is CCn1c(-c2cc(N3CCN(C)CC3)cnc2C(C)OC)c2c3cc(ccc31)-c1csc(n1)CC(NC(=O)C1CC1C)C(=O)N1CCCC(N1)C(=O)OCC(C)(C)C2.C[C@@H](NC(=O)c1ncnc(N)c1Cl)c1ncc(C(=O)Nc2cc(C(F)(F)F)c(Cl)cn2)s1. The van der Waals surface area contributed by atoms with Gasteiger partial charge in [-0.05, 0) is 89.2 Å². The molecule has 3 fully saturated rings. The topological polar surface area (TPSA) is 270 Å². The Balaban J connectivity index is 0.000000236. The van der Waals surface area contributed by atoms with Gasteiger partial charge in [0, 0.05) is 97.7 Å². The fourth-order valence-corrected chi connectivity index (χ4v) is 13.2. The van der Waals surface area contributed by atoms with Crippen LogP contribution in [-0.4, -0.2) is 140 Å². The van der Waals surface area contributed by atoms with Gasteiger partial charge in [-0.2, -0.15) is 13.2 Å². The number of cyclic esters (lactones) is 1. The summed E-state index contributed by atoms with van der Waals surface area (Å²) in [5.41, 5.74) is 15.1. The molecule has 7 aromatic rings. The van der Waals surface area contributed by atoms with Crippen LogP contribution in [0.25, 0.3) is 33.4 Å². The van der Waals surface area contributed by atoms with Gasteiger partial charge in [0.2, 0.25) is 5.91 Å². The standard InChI is InChI=1S/C44H58N8O5S.C17H12Cl2F3N7O2S/c1-8-51-37-12-11-28-19-31(37)33(40(51)32-20-29(23-45-39(32)27(3)56-7)50-16-14-49(6)15-17-50)22-44(4,5)25-57-43(55)34-10-9-13-52(48-34)42(54)35(21-38-46-36(28)24-58-38)47-41(53)30-18-26(30)2;1-6(28-15(31)12-11(19)13(23)27-5-26-12)16-25-4-9(32-16)14(30)29-10-2-7(17(20,21)22)8(18)3-24-10/h11-12,19-20,23-24,26-27,30,34-35,48H,8-10,13-18,21-22,25H2,1-7H3,(H,47,53);2-6H,1H3,(H,28,31)(H2,23,26,27)(H,24,29,30)/t;6-/m.1/s1. The van der Waals surface area contributed by atoms with Crippen molar-refractivity contribution in [1.82, 2.24) is 60.4 Å². The van der Waals surface area contributed by atoms with Crippen LogP contribution in [0.15, 0.2) is 60.6 Å². The summed E-state index contributed by atoms with van der Waals surface area (Å²) >= 11 is 13.9. The molecule has 1 aromatic carbocycles. The van der Waals surface area contributed by atoms with E-state index >= 15 is 0 Å². The second-order valence-corrected chi connectivity index (χ2v) is 26.5. The van der Waals surface area contributed by atoms with Crippen LogP contribution < -0.4 is 32.0 Å². The van der Waals surface area contributed by atoms with Gasteiger partial charge in [-0.25, -0.2) is 30.3 Å². The monoisotopic (exact) mass is 1320 g/mol. The highest BCUT2D eigenvalue weighted by Crippen LogP contribution is 2.44. The summed E-state index contributed by atoms with van der Waals surface area (Å²) in [6.07, 6.45) is 2.99. The molecule has 4 aliphatic rings. The smallest absolute Gasteiger partial charge is 0.418 e. The molecule has 6 bridgehead atoms. The molecule has 29 heteroatoms. The highest BCUT2D eigenvalue weighted by molar-refractivity contribution is 7.13. The van der Waals surface area contributed by atoms with Gasteiger partial charge in [0.25, 0.3) is 17.7 Å². The number of nitrogens with zero attached hydrogens (tertiary/aromatic N) is 10. The van der Waals surface area contributed by atoms with Crippen LogP contribution in [0.3, 0.4) is 0 Å². The number of nitrogens with two attached hydrogens (primary N) is 1. The van der Waals surface area contributed by atoms with Crippen LogP contribution in [-0.2, 0) is 49.4 Å². The summed E-state index contributed by atoms with van der Waals surface area (Å²) in [6, 6.07) is 7.32. The number of carbonyl (C=O) groups is 5. The largest absolute Gasteiger partial charge is 0.464 e. The number of alkyl halides is 3. The lowest BCUT2D eigenvalue weighted by Gasteiger charge is -2.35. The van der Waals surface area contributed by atoms with E-state index in [4.69, 9.17) is 48.4 Å². The number of carbonyl (C=O) groups excluding carboxylic acids is 5. The normalized spacial score (nSPS) is 20.3. The number of esters is 1. The zero-order valence-electron chi connectivity index (χ0n) is 50.8. The number of aromatic nitrogens is 7. The van der Waals surface area contributed by atoms with E-state index in [1.165, 1.54) is 22.5 Å². The van der Waals surface area contributed by atoms with Gasteiger partial charge in [-0.15, -0.1) is 22.7 Å². The number of likely N-dealkylation sites (N-methyl/N-ethyl adjacent to an activating group) is 1. The van der Waals surface area contributed by atoms with Crippen molar-refractivity contribution in [3.8, 4) is 22.5 Å². The maximum atomic E-state index is 14.1. The van der Waals surface area contributed by atoms with E-state index < -0.39 is 52.1 Å². The van der Waals surface area contributed by atoms with Crippen LogP contribution in [0.4, 0.5) is 30.5 Å². The van der Waals surface area contributed by atoms with Crippen LogP contribution in [0.1, 0.15) is 120 Å².